The molecular formula is C16H11F6NO2. The third-order valence-corrected chi connectivity index (χ3v) is 2.83. The third kappa shape index (κ3) is 6.36. The molecule has 0 unspecified atom stereocenters. The predicted octanol–water partition coefficient (Wildman–Crippen LogP) is 5.10. The van der Waals surface area contributed by atoms with Gasteiger partial charge < -0.3 is 9.47 Å². The first-order chi connectivity index (χ1) is 11.6. The van der Waals surface area contributed by atoms with Gasteiger partial charge in [-0.05, 0) is 18.2 Å². The van der Waals surface area contributed by atoms with Gasteiger partial charge in [0.25, 0.3) is 0 Å². The van der Waals surface area contributed by atoms with Crippen molar-refractivity contribution in [2.24, 2.45) is 4.99 Å². The second kappa shape index (κ2) is 7.45. The summed E-state index contributed by atoms with van der Waals surface area (Å²) < 4.78 is 81.7. The van der Waals surface area contributed by atoms with Crippen LogP contribution in [0, 0.1) is 0 Å². The molecule has 2 aromatic carbocycles. The summed E-state index contributed by atoms with van der Waals surface area (Å²) in [6.07, 6.45) is -8.63. The molecule has 0 saturated carbocycles. The van der Waals surface area contributed by atoms with Crippen molar-refractivity contribution >= 4 is 6.21 Å². The Morgan fingerprint density at radius 2 is 1.28 bits per heavy atom. The van der Waals surface area contributed by atoms with Gasteiger partial charge in [0.05, 0.1) is 6.54 Å². The highest BCUT2D eigenvalue weighted by Crippen LogP contribution is 2.27. The Hall–Kier alpha value is -2.71. The van der Waals surface area contributed by atoms with Gasteiger partial charge in [-0.1, -0.05) is 30.3 Å². The molecule has 0 heterocycles. The van der Waals surface area contributed by atoms with Gasteiger partial charge in [0.1, 0.15) is 11.5 Å². The summed E-state index contributed by atoms with van der Waals surface area (Å²) in [5.74, 6) is -0.884. The van der Waals surface area contributed by atoms with Gasteiger partial charge >= 0.3 is 12.7 Å². The van der Waals surface area contributed by atoms with E-state index in [4.69, 9.17) is 0 Å². The van der Waals surface area contributed by atoms with E-state index in [0.29, 0.717) is 0 Å². The zero-order valence-corrected chi connectivity index (χ0v) is 12.4. The molecule has 134 valence electrons. The van der Waals surface area contributed by atoms with Gasteiger partial charge in [0.15, 0.2) is 0 Å². The molecule has 0 aromatic heterocycles. The topological polar surface area (TPSA) is 30.8 Å². The lowest BCUT2D eigenvalue weighted by molar-refractivity contribution is -0.275. The molecule has 0 bridgehead atoms. The number of hydrogen-bond donors (Lipinski definition) is 0. The number of aliphatic imine (C=N–C) groups is 1. The van der Waals surface area contributed by atoms with Crippen molar-refractivity contribution in [3.63, 3.8) is 0 Å². The number of benzene rings is 2. The fourth-order valence-electron chi connectivity index (χ4n) is 1.91. The van der Waals surface area contributed by atoms with Crippen LogP contribution in [0.2, 0.25) is 0 Å². The number of nitrogens with zero attached hydrogens (tertiary/aromatic N) is 1. The Kier molecular flexibility index (Phi) is 5.55. The Bertz CT molecular complexity index is 740. The Balaban J connectivity index is 2.15. The van der Waals surface area contributed by atoms with E-state index in [0.717, 1.165) is 18.3 Å². The van der Waals surface area contributed by atoms with Crippen molar-refractivity contribution in [3.8, 4) is 11.5 Å². The van der Waals surface area contributed by atoms with Gasteiger partial charge in [-0.3, -0.25) is 4.99 Å². The number of halogens is 6. The minimum absolute atomic E-state index is 0.0362. The average Bonchev–Trinajstić information content (AvgIpc) is 2.48. The van der Waals surface area contributed by atoms with Crippen LogP contribution in [0.3, 0.4) is 0 Å². The van der Waals surface area contributed by atoms with Crippen LogP contribution in [0.25, 0.3) is 0 Å². The molecule has 9 heteroatoms. The van der Waals surface area contributed by atoms with E-state index in [1.807, 2.05) is 0 Å². The predicted molar refractivity (Wildman–Crippen MR) is 77.5 cm³/mol. The summed E-state index contributed by atoms with van der Waals surface area (Å²) in [5, 5.41) is 0. The SMILES string of the molecule is FC(F)(F)Oc1ccccc1C=NCc1ccccc1OC(F)(F)F. The van der Waals surface area contributed by atoms with Gasteiger partial charge in [-0.15, -0.1) is 26.3 Å². The second-order valence-corrected chi connectivity index (χ2v) is 4.71. The number of ether oxygens (including phenoxy) is 2. The minimum atomic E-state index is -4.86. The van der Waals surface area contributed by atoms with Crippen molar-refractivity contribution in [1.29, 1.82) is 0 Å². The first-order valence-electron chi connectivity index (χ1n) is 6.82. The lowest BCUT2D eigenvalue weighted by Gasteiger charge is -2.12. The van der Waals surface area contributed by atoms with Crippen molar-refractivity contribution in [2.45, 2.75) is 19.3 Å². The normalized spacial score (nSPS) is 12.4. The van der Waals surface area contributed by atoms with Crippen molar-refractivity contribution in [1.82, 2.24) is 0 Å². The molecule has 0 amide bonds. The van der Waals surface area contributed by atoms with Crippen LogP contribution < -0.4 is 9.47 Å². The molecule has 0 aliphatic rings. The molecule has 0 fully saturated rings. The first-order valence-corrected chi connectivity index (χ1v) is 6.82. The molecule has 0 spiro atoms. The van der Waals surface area contributed by atoms with E-state index in [-0.39, 0.29) is 17.7 Å². The molecule has 0 saturated heterocycles. The second-order valence-electron chi connectivity index (χ2n) is 4.71. The summed E-state index contributed by atoms with van der Waals surface area (Å²) in [5.41, 5.74) is 0.166. The zero-order valence-electron chi connectivity index (χ0n) is 12.4. The molecule has 2 aromatic rings. The minimum Gasteiger partial charge on any atom is -0.405 e. The lowest BCUT2D eigenvalue weighted by atomic mass is 10.2. The smallest absolute Gasteiger partial charge is 0.405 e. The van der Waals surface area contributed by atoms with Crippen LogP contribution in [0.5, 0.6) is 11.5 Å². The van der Waals surface area contributed by atoms with E-state index < -0.39 is 24.2 Å². The summed E-state index contributed by atoms with van der Waals surface area (Å²) in [7, 11) is 0. The van der Waals surface area contributed by atoms with Crippen LogP contribution in [0.4, 0.5) is 26.3 Å². The van der Waals surface area contributed by atoms with Crippen LogP contribution in [0.15, 0.2) is 53.5 Å². The highest BCUT2D eigenvalue weighted by Gasteiger charge is 2.32. The standard InChI is InChI=1S/C16H11F6NO2/c17-15(18,19)24-13-7-3-1-5-11(13)9-23-10-12-6-2-4-8-14(12)25-16(20,21)22/h1-9H,10H2. The van der Waals surface area contributed by atoms with Crippen molar-refractivity contribution in [3.05, 3.63) is 59.7 Å². The van der Waals surface area contributed by atoms with E-state index in [1.54, 1.807) is 0 Å². The molecule has 25 heavy (non-hydrogen) atoms. The van der Waals surface area contributed by atoms with Crippen LogP contribution >= 0.6 is 0 Å². The third-order valence-electron chi connectivity index (χ3n) is 2.83. The first kappa shape index (κ1) is 18.6. The van der Waals surface area contributed by atoms with E-state index in [9.17, 15) is 26.3 Å². The highest BCUT2D eigenvalue weighted by molar-refractivity contribution is 5.83. The molecule has 0 N–H and O–H groups in total. The van der Waals surface area contributed by atoms with E-state index >= 15 is 0 Å². The van der Waals surface area contributed by atoms with E-state index in [1.165, 1.54) is 36.4 Å². The summed E-state index contributed by atoms with van der Waals surface area (Å²) in [6.45, 7) is -0.216. The molecule has 3 nitrogen and oxygen atoms in total. The average molecular weight is 363 g/mol. The van der Waals surface area contributed by atoms with Crippen LogP contribution in [0.1, 0.15) is 11.1 Å². The highest BCUT2D eigenvalue weighted by atomic mass is 19.4. The summed E-state index contributed by atoms with van der Waals surface area (Å²) in [6, 6.07) is 10.6. The fraction of sp³-hybridized carbons (Fsp3) is 0.188. The van der Waals surface area contributed by atoms with Crippen LogP contribution in [-0.2, 0) is 6.54 Å². The van der Waals surface area contributed by atoms with Gasteiger partial charge in [0, 0.05) is 17.3 Å². The maximum atomic E-state index is 12.3. The Labute approximate surface area is 138 Å². The largest absolute Gasteiger partial charge is 0.573 e. The molecule has 0 aliphatic heterocycles. The number of para-hydroxylation sites is 2. The van der Waals surface area contributed by atoms with E-state index in [2.05, 4.69) is 14.5 Å². The number of hydrogen-bond acceptors (Lipinski definition) is 3. The van der Waals surface area contributed by atoms with Crippen molar-refractivity contribution in [2.75, 3.05) is 0 Å². The molecule has 0 aliphatic carbocycles. The quantitative estimate of drug-likeness (QED) is 0.546. The maximum absolute atomic E-state index is 12.3. The Morgan fingerprint density at radius 3 is 1.92 bits per heavy atom. The Morgan fingerprint density at radius 1 is 0.760 bits per heavy atom. The molecular weight excluding hydrogens is 352 g/mol. The van der Waals surface area contributed by atoms with Crippen LogP contribution in [-0.4, -0.2) is 18.9 Å². The maximum Gasteiger partial charge on any atom is 0.573 e. The van der Waals surface area contributed by atoms with Gasteiger partial charge in [0.2, 0.25) is 0 Å². The summed E-state index contributed by atoms with van der Waals surface area (Å²) in [4.78, 5) is 3.87. The molecule has 2 rings (SSSR count). The fourth-order valence-corrected chi connectivity index (χ4v) is 1.91. The molecule has 0 radical (unpaired) electrons. The zero-order chi connectivity index (χ0) is 18.5. The lowest BCUT2D eigenvalue weighted by Crippen LogP contribution is -2.18. The van der Waals surface area contributed by atoms with Gasteiger partial charge in [-0.25, -0.2) is 0 Å². The molecule has 0 atom stereocenters. The van der Waals surface area contributed by atoms with Gasteiger partial charge in [-0.2, -0.15) is 0 Å². The summed E-state index contributed by atoms with van der Waals surface area (Å²) >= 11 is 0. The van der Waals surface area contributed by atoms with Crippen molar-refractivity contribution < 1.29 is 35.8 Å². The monoisotopic (exact) mass is 363 g/mol. The number of alkyl halides is 6. The number of rotatable bonds is 5.